The van der Waals surface area contributed by atoms with E-state index >= 15 is 0 Å². The molecule has 2 N–H and O–H groups in total. The molecule has 28 heavy (non-hydrogen) atoms. The van der Waals surface area contributed by atoms with Gasteiger partial charge in [-0.05, 0) is 48.1 Å². The summed E-state index contributed by atoms with van der Waals surface area (Å²) >= 11 is 0. The number of aromatic nitrogens is 1. The molecule has 3 rings (SSSR count). The van der Waals surface area contributed by atoms with Gasteiger partial charge in [-0.15, -0.1) is 0 Å². The van der Waals surface area contributed by atoms with Crippen LogP contribution in [0.25, 0.3) is 5.57 Å². The third kappa shape index (κ3) is 5.67. The van der Waals surface area contributed by atoms with E-state index in [0.29, 0.717) is 25.9 Å². The summed E-state index contributed by atoms with van der Waals surface area (Å²) < 4.78 is 0. The molecule has 1 unspecified atom stereocenters. The van der Waals surface area contributed by atoms with Crippen molar-refractivity contribution >= 4 is 17.6 Å². The number of amides is 2. The van der Waals surface area contributed by atoms with Gasteiger partial charge >= 0.3 is 12.0 Å². The van der Waals surface area contributed by atoms with Crippen molar-refractivity contribution in [2.45, 2.75) is 31.7 Å². The average molecular weight is 379 g/mol. The molecule has 146 valence electrons. The van der Waals surface area contributed by atoms with Crippen LogP contribution >= 0.6 is 0 Å². The summed E-state index contributed by atoms with van der Waals surface area (Å²) in [5, 5.41) is 12.1. The van der Waals surface area contributed by atoms with Crippen LogP contribution in [0.1, 0.15) is 30.4 Å². The van der Waals surface area contributed by atoms with Crippen LogP contribution in [-0.2, 0) is 11.2 Å². The zero-order valence-electron chi connectivity index (χ0n) is 15.8. The predicted molar refractivity (Wildman–Crippen MR) is 108 cm³/mol. The molecule has 2 heterocycles. The third-order valence-electron chi connectivity index (χ3n) is 4.85. The number of nitrogens with one attached hydrogen (secondary N) is 1. The number of nitrogens with zero attached hydrogens (tertiary/aromatic N) is 2. The van der Waals surface area contributed by atoms with E-state index in [1.165, 1.54) is 0 Å². The van der Waals surface area contributed by atoms with Crippen LogP contribution in [0, 0.1) is 0 Å². The summed E-state index contributed by atoms with van der Waals surface area (Å²) in [5.74, 6) is -0.854. The number of carbonyl (C=O) groups excluding carboxylic acids is 1. The van der Waals surface area contributed by atoms with Crippen LogP contribution in [0.4, 0.5) is 4.79 Å². The first kappa shape index (κ1) is 19.6. The van der Waals surface area contributed by atoms with Gasteiger partial charge in [0.2, 0.25) is 0 Å². The van der Waals surface area contributed by atoms with E-state index < -0.39 is 5.97 Å². The predicted octanol–water partition coefficient (Wildman–Crippen LogP) is 3.36. The zero-order chi connectivity index (χ0) is 19.8. The smallest absolute Gasteiger partial charge is 0.317 e. The number of aliphatic carboxylic acids is 1. The quantitative estimate of drug-likeness (QED) is 0.773. The number of urea groups is 1. The Bertz CT molecular complexity index is 821. The molecule has 1 aliphatic rings. The van der Waals surface area contributed by atoms with Crippen molar-refractivity contribution in [1.82, 2.24) is 15.2 Å². The van der Waals surface area contributed by atoms with Crippen molar-refractivity contribution in [1.29, 1.82) is 0 Å². The van der Waals surface area contributed by atoms with Crippen molar-refractivity contribution < 1.29 is 14.7 Å². The molecular weight excluding hydrogens is 354 g/mol. The summed E-state index contributed by atoms with van der Waals surface area (Å²) in [6, 6.07) is 13.3. The molecule has 0 radical (unpaired) electrons. The minimum absolute atomic E-state index is 0.0277. The Balaban J connectivity index is 1.63. The first-order valence-corrected chi connectivity index (χ1v) is 9.52. The van der Waals surface area contributed by atoms with Crippen molar-refractivity contribution in [3.8, 4) is 0 Å². The van der Waals surface area contributed by atoms with Crippen LogP contribution in [0.15, 0.2) is 60.9 Å². The highest BCUT2D eigenvalue weighted by Crippen LogP contribution is 2.20. The summed E-state index contributed by atoms with van der Waals surface area (Å²) in [7, 11) is 0. The van der Waals surface area contributed by atoms with Crippen molar-refractivity contribution in [2.75, 3.05) is 13.1 Å². The second-order valence-electron chi connectivity index (χ2n) is 6.94. The maximum atomic E-state index is 12.8. The van der Waals surface area contributed by atoms with Gasteiger partial charge in [-0.25, -0.2) is 4.79 Å². The Morgan fingerprint density at radius 2 is 1.89 bits per heavy atom. The highest BCUT2D eigenvalue weighted by Gasteiger charge is 2.22. The van der Waals surface area contributed by atoms with Gasteiger partial charge in [0.05, 0.1) is 0 Å². The minimum Gasteiger partial charge on any atom is -0.481 e. The van der Waals surface area contributed by atoms with Gasteiger partial charge in [0.25, 0.3) is 0 Å². The van der Waals surface area contributed by atoms with Crippen molar-refractivity contribution in [3.05, 3.63) is 72.1 Å². The maximum absolute atomic E-state index is 12.8. The standard InChI is InChI=1S/C22H25N3O3/c26-21(27)9-8-20(15-17-5-2-1-3-6-17)24-22(28)25-14-4-7-19(16-25)18-10-12-23-13-11-18/h1-3,5-7,10-13,20H,4,8-9,14-16H2,(H,24,28)(H,26,27). The molecule has 1 atom stereocenters. The van der Waals surface area contributed by atoms with Gasteiger partial charge in [0.15, 0.2) is 0 Å². The first-order chi connectivity index (χ1) is 13.6. The van der Waals surface area contributed by atoms with E-state index in [1.807, 2.05) is 42.5 Å². The fraction of sp³-hybridized carbons (Fsp3) is 0.318. The SMILES string of the molecule is O=C(O)CCC(Cc1ccccc1)NC(=O)N1CCC=C(c2ccncc2)C1. The van der Waals surface area contributed by atoms with Gasteiger partial charge in [0.1, 0.15) is 0 Å². The molecule has 1 aromatic carbocycles. The van der Waals surface area contributed by atoms with Crippen LogP contribution in [-0.4, -0.2) is 46.1 Å². The van der Waals surface area contributed by atoms with E-state index in [0.717, 1.165) is 23.1 Å². The Hall–Kier alpha value is -3.15. The van der Waals surface area contributed by atoms with Crippen LogP contribution in [0.3, 0.4) is 0 Å². The van der Waals surface area contributed by atoms with E-state index in [1.54, 1.807) is 17.3 Å². The third-order valence-corrected chi connectivity index (χ3v) is 4.85. The van der Waals surface area contributed by atoms with Crippen LogP contribution in [0.2, 0.25) is 0 Å². The molecule has 1 aliphatic heterocycles. The molecule has 0 bridgehead atoms. The Morgan fingerprint density at radius 3 is 2.61 bits per heavy atom. The molecule has 2 aromatic rings. The lowest BCUT2D eigenvalue weighted by Gasteiger charge is -2.30. The normalized spacial score (nSPS) is 14.9. The molecule has 1 aromatic heterocycles. The van der Waals surface area contributed by atoms with Crippen molar-refractivity contribution in [3.63, 3.8) is 0 Å². The van der Waals surface area contributed by atoms with E-state index in [2.05, 4.69) is 16.4 Å². The number of benzene rings is 1. The molecule has 0 saturated carbocycles. The van der Waals surface area contributed by atoms with Crippen LogP contribution < -0.4 is 5.32 Å². The topological polar surface area (TPSA) is 82.5 Å². The highest BCUT2D eigenvalue weighted by atomic mass is 16.4. The molecule has 0 saturated heterocycles. The van der Waals surface area contributed by atoms with Gasteiger partial charge in [-0.3, -0.25) is 9.78 Å². The number of hydrogen-bond donors (Lipinski definition) is 2. The lowest BCUT2D eigenvalue weighted by atomic mass is 10.0. The average Bonchev–Trinajstić information content (AvgIpc) is 2.73. The van der Waals surface area contributed by atoms with Crippen molar-refractivity contribution in [2.24, 2.45) is 0 Å². The Labute approximate surface area is 164 Å². The maximum Gasteiger partial charge on any atom is 0.317 e. The minimum atomic E-state index is -0.854. The summed E-state index contributed by atoms with van der Waals surface area (Å²) in [5.41, 5.74) is 3.25. The number of carboxylic acids is 1. The monoisotopic (exact) mass is 379 g/mol. The van der Waals surface area contributed by atoms with Gasteiger partial charge < -0.3 is 15.3 Å². The second-order valence-corrected chi connectivity index (χ2v) is 6.94. The Morgan fingerprint density at radius 1 is 1.14 bits per heavy atom. The summed E-state index contributed by atoms with van der Waals surface area (Å²) in [6.45, 7) is 1.18. The summed E-state index contributed by atoms with van der Waals surface area (Å²) in [6.07, 6.45) is 7.49. The number of carbonyl (C=O) groups is 2. The highest BCUT2D eigenvalue weighted by molar-refractivity contribution is 5.79. The number of hydrogen-bond acceptors (Lipinski definition) is 3. The molecule has 0 spiro atoms. The second kappa shape index (κ2) is 9.69. The molecule has 0 aliphatic carbocycles. The number of rotatable bonds is 7. The lowest BCUT2D eigenvalue weighted by molar-refractivity contribution is -0.137. The largest absolute Gasteiger partial charge is 0.481 e. The van der Waals surface area contributed by atoms with Crippen LogP contribution in [0.5, 0.6) is 0 Å². The molecule has 6 heteroatoms. The lowest BCUT2D eigenvalue weighted by Crippen LogP contribution is -2.47. The van der Waals surface area contributed by atoms with Gasteiger partial charge in [-0.1, -0.05) is 36.4 Å². The first-order valence-electron chi connectivity index (χ1n) is 9.52. The molecular formula is C22H25N3O3. The number of pyridine rings is 1. The van der Waals surface area contributed by atoms with Gasteiger partial charge in [-0.2, -0.15) is 0 Å². The fourth-order valence-electron chi connectivity index (χ4n) is 3.38. The summed E-state index contributed by atoms with van der Waals surface area (Å²) in [4.78, 5) is 29.7. The molecule has 6 nitrogen and oxygen atoms in total. The molecule has 0 fully saturated rings. The Kier molecular flexibility index (Phi) is 6.78. The van der Waals surface area contributed by atoms with Gasteiger partial charge in [0, 0.05) is 37.9 Å². The molecule has 2 amide bonds. The zero-order valence-corrected chi connectivity index (χ0v) is 15.8. The van der Waals surface area contributed by atoms with E-state index in [-0.39, 0.29) is 18.5 Å². The van der Waals surface area contributed by atoms with E-state index in [4.69, 9.17) is 5.11 Å². The fourth-order valence-corrected chi connectivity index (χ4v) is 3.38. The number of carboxylic acid groups (broad SMARTS) is 1. The van der Waals surface area contributed by atoms with E-state index in [9.17, 15) is 9.59 Å².